The smallest absolute Gasteiger partial charge is 0.410 e. The summed E-state index contributed by atoms with van der Waals surface area (Å²) in [6.45, 7) is 11.0. The number of rotatable bonds is 19. The Morgan fingerprint density at radius 3 is 2.45 bits per heavy atom. The van der Waals surface area contributed by atoms with Crippen molar-refractivity contribution in [1.82, 2.24) is 4.90 Å². The molecule has 0 bridgehead atoms. The lowest BCUT2D eigenvalue weighted by atomic mass is 9.55. The average molecular weight is 855 g/mol. The lowest BCUT2D eigenvalue weighted by Crippen LogP contribution is -2.70. The number of nitrogens with zero attached hydrogens (tertiary/aromatic N) is 2. The number of aryl methyl sites for hydroxylation is 2. The largest absolute Gasteiger partial charge is 0.459 e. The monoisotopic (exact) mass is 854 g/mol. The van der Waals surface area contributed by atoms with Crippen molar-refractivity contribution in [3.63, 3.8) is 0 Å². The van der Waals surface area contributed by atoms with Crippen LogP contribution in [0, 0.1) is 37.4 Å². The Balaban J connectivity index is 1.45. The molecule has 2 fully saturated rings. The Morgan fingerprint density at radius 2 is 1.74 bits per heavy atom. The van der Waals surface area contributed by atoms with Crippen LogP contribution in [0.25, 0.3) is 0 Å². The van der Waals surface area contributed by atoms with Crippen LogP contribution < -0.4 is 9.47 Å². The van der Waals surface area contributed by atoms with E-state index in [4.69, 9.17) is 33.7 Å². The number of halogens is 1. The lowest BCUT2D eigenvalue weighted by Gasteiger charge is -2.59. The van der Waals surface area contributed by atoms with E-state index < -0.39 is 30.1 Å². The molecule has 1 saturated heterocycles. The van der Waals surface area contributed by atoms with E-state index in [1.165, 1.54) is 17.7 Å². The standard InChI is InChI=1S/C50H63FN2O9/c1-5-26-59-50-45(53(49(56)57-6-2)32-35-17-19-37(51)20-18-35)31-43(52-62-46-15-9-12-27-58-46)41-29-36(13-7-10-24-54)40(14-8-11-25-55)47(48(41)50)42-30-39(22-23-44(42)61-50)60-38-21-16-33(3)34(4)28-38/h5,16-23,28-30,36,40,45-48,54-55H,1,6-15,24-27,31-32H2,2-4H3. The molecule has 3 aromatic rings. The maximum Gasteiger partial charge on any atom is 0.410 e. The van der Waals surface area contributed by atoms with E-state index in [0.29, 0.717) is 48.6 Å². The summed E-state index contributed by atoms with van der Waals surface area (Å²) in [5.74, 6) is -0.602. The van der Waals surface area contributed by atoms with Gasteiger partial charge in [-0.3, -0.25) is 4.90 Å². The van der Waals surface area contributed by atoms with Crippen LogP contribution in [-0.2, 0) is 25.6 Å². The molecule has 334 valence electrons. The van der Waals surface area contributed by atoms with Gasteiger partial charge in [0, 0.05) is 44.1 Å². The quantitative estimate of drug-likeness (QED) is 0.0688. The van der Waals surface area contributed by atoms with E-state index in [9.17, 15) is 19.4 Å². The molecule has 2 N–H and O–H groups in total. The van der Waals surface area contributed by atoms with Gasteiger partial charge in [0.25, 0.3) is 0 Å². The molecule has 4 aliphatic rings. The van der Waals surface area contributed by atoms with E-state index in [-0.39, 0.29) is 63.0 Å². The fraction of sp³-hybridized carbons (Fsp3) is 0.520. The van der Waals surface area contributed by atoms with Crippen molar-refractivity contribution in [3.8, 4) is 17.2 Å². The molecule has 2 heterocycles. The minimum absolute atomic E-state index is 0.0240. The molecular weight excluding hydrogens is 792 g/mol. The molecule has 2 aliphatic carbocycles. The number of benzene rings is 3. The van der Waals surface area contributed by atoms with Crippen molar-refractivity contribution < 1.29 is 47.9 Å². The zero-order valence-electron chi connectivity index (χ0n) is 36.4. The van der Waals surface area contributed by atoms with Crippen LogP contribution in [0.4, 0.5) is 9.18 Å². The number of aliphatic hydroxyl groups excluding tert-OH is 2. The number of aliphatic hydroxyl groups is 2. The van der Waals surface area contributed by atoms with E-state index in [1.54, 1.807) is 30.0 Å². The minimum atomic E-state index is -1.49. The first-order valence-corrected chi connectivity index (χ1v) is 22.5. The van der Waals surface area contributed by atoms with Gasteiger partial charge in [-0.05, 0) is 136 Å². The second-order valence-electron chi connectivity index (χ2n) is 17.0. The zero-order chi connectivity index (χ0) is 43.6. The predicted molar refractivity (Wildman–Crippen MR) is 235 cm³/mol. The fourth-order valence-electron chi connectivity index (χ4n) is 9.84. The van der Waals surface area contributed by atoms with Crippen LogP contribution in [0.3, 0.4) is 0 Å². The highest BCUT2D eigenvalue weighted by Gasteiger charge is 2.65. The van der Waals surface area contributed by atoms with E-state index in [0.717, 1.165) is 61.0 Å². The van der Waals surface area contributed by atoms with Gasteiger partial charge < -0.3 is 38.7 Å². The van der Waals surface area contributed by atoms with E-state index >= 15 is 0 Å². The van der Waals surface area contributed by atoms with Crippen LogP contribution >= 0.6 is 0 Å². The maximum absolute atomic E-state index is 14.4. The number of unbranched alkanes of at least 4 members (excludes halogenated alkanes) is 2. The second kappa shape index (κ2) is 21.1. The normalized spacial score (nSPS) is 25.8. The van der Waals surface area contributed by atoms with Gasteiger partial charge in [0.1, 0.15) is 29.1 Å². The molecule has 12 heteroatoms. The summed E-state index contributed by atoms with van der Waals surface area (Å²) in [6, 6.07) is 17.2. The van der Waals surface area contributed by atoms with Crippen LogP contribution in [0.1, 0.15) is 99.3 Å². The van der Waals surface area contributed by atoms with Crippen molar-refractivity contribution in [2.24, 2.45) is 22.9 Å². The Morgan fingerprint density at radius 1 is 0.984 bits per heavy atom. The topological polar surface area (TPSA) is 129 Å². The van der Waals surface area contributed by atoms with Crippen molar-refractivity contribution in [2.75, 3.05) is 33.0 Å². The number of amides is 1. The Bertz CT molecular complexity index is 2050. The van der Waals surface area contributed by atoms with Gasteiger partial charge in [0.05, 0.1) is 31.5 Å². The molecule has 1 saturated carbocycles. The summed E-state index contributed by atoms with van der Waals surface area (Å²) in [5, 5.41) is 24.9. The van der Waals surface area contributed by atoms with E-state index in [2.05, 4.69) is 38.6 Å². The van der Waals surface area contributed by atoms with Crippen molar-refractivity contribution in [1.29, 1.82) is 0 Å². The molecule has 3 aromatic carbocycles. The zero-order valence-corrected chi connectivity index (χ0v) is 36.4. The highest BCUT2D eigenvalue weighted by molar-refractivity contribution is 6.03. The highest BCUT2D eigenvalue weighted by Crippen LogP contribution is 2.62. The van der Waals surface area contributed by atoms with Gasteiger partial charge in [-0.1, -0.05) is 48.3 Å². The number of hydrogen-bond acceptors (Lipinski definition) is 10. The second-order valence-corrected chi connectivity index (χ2v) is 17.0. The van der Waals surface area contributed by atoms with Crippen molar-refractivity contribution in [3.05, 3.63) is 113 Å². The molecule has 7 unspecified atom stereocenters. The maximum atomic E-state index is 14.4. The molecule has 7 atom stereocenters. The first kappa shape index (κ1) is 45.3. The molecule has 0 spiro atoms. The number of hydrogen-bond donors (Lipinski definition) is 2. The predicted octanol–water partition coefficient (Wildman–Crippen LogP) is 10.1. The third-order valence-corrected chi connectivity index (χ3v) is 12.9. The van der Waals surface area contributed by atoms with Crippen LogP contribution in [0.5, 0.6) is 17.2 Å². The average Bonchev–Trinajstić information content (AvgIpc) is 3.28. The number of carbonyl (C=O) groups excluding carboxylic acids is 1. The molecule has 0 radical (unpaired) electrons. The molecule has 0 aromatic heterocycles. The number of fused-ring (bicyclic) bond motifs is 2. The van der Waals surface area contributed by atoms with Gasteiger partial charge in [0.2, 0.25) is 12.1 Å². The van der Waals surface area contributed by atoms with Gasteiger partial charge >= 0.3 is 6.09 Å². The van der Waals surface area contributed by atoms with Crippen molar-refractivity contribution in [2.45, 2.75) is 116 Å². The molecule has 2 aliphatic heterocycles. The summed E-state index contributed by atoms with van der Waals surface area (Å²) in [4.78, 5) is 22.3. The van der Waals surface area contributed by atoms with Gasteiger partial charge in [0.15, 0.2) is 0 Å². The fourth-order valence-corrected chi connectivity index (χ4v) is 9.84. The first-order valence-electron chi connectivity index (χ1n) is 22.5. The molecule has 11 nitrogen and oxygen atoms in total. The molecular formula is C50H63FN2O9. The summed E-state index contributed by atoms with van der Waals surface area (Å²) in [6.07, 6.45) is 10.2. The number of ether oxygens (including phenoxy) is 5. The van der Waals surface area contributed by atoms with Crippen LogP contribution in [0.15, 0.2) is 90.1 Å². The van der Waals surface area contributed by atoms with Crippen LogP contribution in [0.2, 0.25) is 0 Å². The molecule has 1 amide bonds. The van der Waals surface area contributed by atoms with Gasteiger partial charge in [-0.15, -0.1) is 6.58 Å². The minimum Gasteiger partial charge on any atom is -0.459 e. The third-order valence-electron chi connectivity index (χ3n) is 12.9. The SMILES string of the molecule is C=CCOC12Oc3ccc(Oc4ccc(C)c(C)c4)cc3C3C(CCCCO)C(CCCCO)C=C(C(=NOC4CCCCO4)CC1N(Cc1ccc(F)cc1)C(=O)OCC)C32. The van der Waals surface area contributed by atoms with Gasteiger partial charge in [-0.25, -0.2) is 9.18 Å². The summed E-state index contributed by atoms with van der Waals surface area (Å²) < 4.78 is 47.1. The Labute approximate surface area is 365 Å². The summed E-state index contributed by atoms with van der Waals surface area (Å²) >= 11 is 0. The Hall–Kier alpha value is -4.75. The summed E-state index contributed by atoms with van der Waals surface area (Å²) in [5.41, 5.74) is 5.50. The number of oxime groups is 1. The van der Waals surface area contributed by atoms with Crippen molar-refractivity contribution >= 4 is 11.8 Å². The first-order chi connectivity index (χ1) is 30.2. The highest BCUT2D eigenvalue weighted by atomic mass is 19.1. The number of allylic oxidation sites excluding steroid dienone is 1. The number of carbonyl (C=O) groups is 1. The third kappa shape index (κ3) is 10.0. The molecule has 7 rings (SSSR count). The van der Waals surface area contributed by atoms with Gasteiger partial charge in [-0.2, -0.15) is 0 Å². The van der Waals surface area contributed by atoms with E-state index in [1.807, 2.05) is 24.3 Å². The lowest BCUT2D eigenvalue weighted by molar-refractivity contribution is -0.256. The molecule has 62 heavy (non-hydrogen) atoms. The van der Waals surface area contributed by atoms with Crippen LogP contribution in [-0.4, -0.2) is 78.1 Å². The summed E-state index contributed by atoms with van der Waals surface area (Å²) in [7, 11) is 0. The Kier molecular flexibility index (Phi) is 15.4.